The fourth-order valence-electron chi connectivity index (χ4n) is 2.24. The van der Waals surface area contributed by atoms with Gasteiger partial charge in [0, 0.05) is 19.3 Å². The average Bonchev–Trinajstić information content (AvgIpc) is 2.86. The lowest BCUT2D eigenvalue weighted by Crippen LogP contribution is -2.26. The maximum atomic E-state index is 10.4. The van der Waals surface area contributed by atoms with Crippen LogP contribution in [0.1, 0.15) is 30.4 Å². The first-order valence-corrected chi connectivity index (χ1v) is 9.21. The third-order valence-electron chi connectivity index (χ3n) is 3.24. The molecule has 0 aliphatic carbocycles. The maximum Gasteiger partial charge on any atom is 0.274 e. The monoisotopic (exact) mass is 356 g/mol. The number of nitrogens with zero attached hydrogens (tertiary/aromatic N) is 2. The molecule has 0 saturated carbocycles. The smallest absolute Gasteiger partial charge is 0.274 e. The molecule has 1 rings (SSSR count). The topological polar surface area (TPSA) is 83.6 Å². The maximum absolute atomic E-state index is 10.4. The van der Waals surface area contributed by atoms with Crippen molar-refractivity contribution in [1.82, 2.24) is 15.5 Å². The van der Waals surface area contributed by atoms with E-state index >= 15 is 0 Å². The van der Waals surface area contributed by atoms with Crippen molar-refractivity contribution in [3.63, 3.8) is 0 Å². The van der Waals surface area contributed by atoms with Gasteiger partial charge in [-0.05, 0) is 32.1 Å². The number of thioether (sulfide) groups is 1. The van der Waals surface area contributed by atoms with E-state index in [4.69, 9.17) is 4.42 Å². The molecule has 1 aromatic heterocycles. The molecule has 0 aliphatic heterocycles. The van der Waals surface area contributed by atoms with Gasteiger partial charge in [-0.15, -0.1) is 0 Å². The molecule has 2 N–H and O–H groups in total. The second-order valence-electron chi connectivity index (χ2n) is 5.71. The largest absolute Gasteiger partial charge is 0.464 e. The Morgan fingerprint density at radius 3 is 2.83 bits per heavy atom. The number of hydrogen-bond acceptors (Lipinski definition) is 7. The van der Waals surface area contributed by atoms with E-state index in [0.717, 1.165) is 48.6 Å². The van der Waals surface area contributed by atoms with Crippen LogP contribution in [0.5, 0.6) is 0 Å². The first kappa shape index (κ1) is 20.4. The van der Waals surface area contributed by atoms with Gasteiger partial charge in [-0.3, -0.25) is 10.1 Å². The molecule has 0 radical (unpaired) electrons. The van der Waals surface area contributed by atoms with Gasteiger partial charge in [0.1, 0.15) is 11.5 Å². The lowest BCUT2D eigenvalue weighted by Gasteiger charge is -2.08. The molecule has 136 valence electrons. The molecular formula is C16H28N4O3S. The molecule has 24 heavy (non-hydrogen) atoms. The summed E-state index contributed by atoms with van der Waals surface area (Å²) < 4.78 is 5.98. The molecule has 0 saturated heterocycles. The predicted octanol–water partition coefficient (Wildman–Crippen LogP) is 2.41. The van der Waals surface area contributed by atoms with Gasteiger partial charge in [-0.1, -0.05) is 13.3 Å². The van der Waals surface area contributed by atoms with E-state index in [1.54, 1.807) is 18.8 Å². The van der Waals surface area contributed by atoms with Gasteiger partial charge in [0.15, 0.2) is 5.82 Å². The van der Waals surface area contributed by atoms with E-state index in [2.05, 4.69) is 28.5 Å². The lowest BCUT2D eigenvalue weighted by atomic mass is 10.1. The predicted molar refractivity (Wildman–Crippen MR) is 98.4 cm³/mol. The molecule has 0 unspecified atom stereocenters. The van der Waals surface area contributed by atoms with Crippen LogP contribution >= 0.6 is 11.8 Å². The van der Waals surface area contributed by atoms with Crippen LogP contribution in [-0.4, -0.2) is 43.3 Å². The van der Waals surface area contributed by atoms with Crippen LogP contribution in [0.2, 0.25) is 0 Å². The molecule has 0 aliphatic rings. The summed E-state index contributed by atoms with van der Waals surface area (Å²) in [5.41, 5.74) is 1.30. The van der Waals surface area contributed by atoms with Crippen LogP contribution in [0.25, 0.3) is 0 Å². The summed E-state index contributed by atoms with van der Waals surface area (Å²) in [5.74, 6) is 4.11. The van der Waals surface area contributed by atoms with Gasteiger partial charge in [0.25, 0.3) is 6.20 Å². The van der Waals surface area contributed by atoms with Crippen LogP contribution in [0.3, 0.4) is 0 Å². The Morgan fingerprint density at radius 1 is 1.50 bits per heavy atom. The average molecular weight is 356 g/mol. The number of hydrogen-bond donors (Lipinski definition) is 2. The second-order valence-corrected chi connectivity index (χ2v) is 6.81. The number of nitrogens with one attached hydrogen (secondary N) is 2. The van der Waals surface area contributed by atoms with Crippen molar-refractivity contribution in [3.05, 3.63) is 45.3 Å². The Kier molecular flexibility index (Phi) is 9.33. The highest BCUT2D eigenvalue weighted by molar-refractivity contribution is 7.98. The summed E-state index contributed by atoms with van der Waals surface area (Å²) in [6, 6.07) is 2.16. The minimum absolute atomic E-state index is 0.414. The van der Waals surface area contributed by atoms with E-state index in [1.165, 1.54) is 5.56 Å². The summed E-state index contributed by atoms with van der Waals surface area (Å²) in [6.45, 7) is 3.64. The van der Waals surface area contributed by atoms with Crippen LogP contribution < -0.4 is 10.6 Å². The Labute approximate surface area is 148 Å². The van der Waals surface area contributed by atoms with Crippen LogP contribution in [-0.2, 0) is 18.7 Å². The molecule has 0 amide bonds. The molecule has 0 bridgehead atoms. The molecule has 0 aromatic carbocycles. The highest BCUT2D eigenvalue weighted by Gasteiger charge is 2.11. The highest BCUT2D eigenvalue weighted by Crippen LogP contribution is 2.22. The van der Waals surface area contributed by atoms with Crippen molar-refractivity contribution in [2.24, 2.45) is 0 Å². The van der Waals surface area contributed by atoms with Gasteiger partial charge in [0.05, 0.1) is 17.2 Å². The quantitative estimate of drug-likeness (QED) is 0.338. The minimum Gasteiger partial charge on any atom is -0.464 e. The highest BCUT2D eigenvalue weighted by atomic mass is 32.2. The molecule has 0 atom stereocenters. The van der Waals surface area contributed by atoms with Crippen LogP contribution in [0.15, 0.2) is 22.5 Å². The van der Waals surface area contributed by atoms with E-state index in [1.807, 2.05) is 14.1 Å². The van der Waals surface area contributed by atoms with Crippen molar-refractivity contribution in [2.45, 2.75) is 32.1 Å². The Morgan fingerprint density at radius 2 is 2.25 bits per heavy atom. The van der Waals surface area contributed by atoms with E-state index < -0.39 is 4.92 Å². The zero-order valence-corrected chi connectivity index (χ0v) is 15.7. The van der Waals surface area contributed by atoms with Gasteiger partial charge in [0.2, 0.25) is 0 Å². The van der Waals surface area contributed by atoms with Crippen molar-refractivity contribution in [3.8, 4) is 0 Å². The summed E-state index contributed by atoms with van der Waals surface area (Å²) in [5, 5.41) is 16.2. The fourth-order valence-corrected chi connectivity index (χ4v) is 2.97. The van der Waals surface area contributed by atoms with E-state index in [-0.39, 0.29) is 0 Å². The summed E-state index contributed by atoms with van der Waals surface area (Å²) in [4.78, 5) is 12.1. The third kappa shape index (κ3) is 7.74. The van der Waals surface area contributed by atoms with E-state index in [9.17, 15) is 10.1 Å². The summed E-state index contributed by atoms with van der Waals surface area (Å²) in [6.07, 6.45) is 3.07. The van der Waals surface area contributed by atoms with Crippen molar-refractivity contribution in [1.29, 1.82) is 0 Å². The molecule has 7 nitrogen and oxygen atoms in total. The van der Waals surface area contributed by atoms with Crippen LogP contribution in [0.4, 0.5) is 0 Å². The number of rotatable bonds is 12. The van der Waals surface area contributed by atoms with Gasteiger partial charge >= 0.3 is 0 Å². The van der Waals surface area contributed by atoms with Crippen molar-refractivity contribution >= 4 is 11.8 Å². The number of aryl methyl sites for hydroxylation is 1. The normalized spacial score (nSPS) is 11.8. The standard InChI is InChI=1S/C16H28N4O3S/c1-5-6-13-9-14(23-15(13)10-19(3)4)12-24-8-7-18-16(17-2)11-20(21)22/h9,11,17-18H,5-8,10,12H2,1-4H3. The van der Waals surface area contributed by atoms with Crippen LogP contribution in [0, 0.1) is 10.1 Å². The fraction of sp³-hybridized carbons (Fsp3) is 0.625. The van der Waals surface area contributed by atoms with Crippen molar-refractivity contribution in [2.75, 3.05) is 33.4 Å². The summed E-state index contributed by atoms with van der Waals surface area (Å²) in [7, 11) is 5.73. The first-order chi connectivity index (χ1) is 11.5. The minimum atomic E-state index is -0.476. The number of nitro groups is 1. The molecule has 0 fully saturated rings. The Balaban J connectivity index is 2.43. The molecule has 8 heteroatoms. The second kappa shape index (κ2) is 11.0. The van der Waals surface area contributed by atoms with E-state index in [0.29, 0.717) is 12.4 Å². The van der Waals surface area contributed by atoms with Gasteiger partial charge in [-0.2, -0.15) is 11.8 Å². The Bertz CT molecular complexity index is 543. The molecule has 0 spiro atoms. The SMILES string of the molecule is CCCc1cc(CSCCNC(=C[N+](=O)[O-])NC)oc1CN(C)C. The summed E-state index contributed by atoms with van der Waals surface area (Å²) >= 11 is 1.74. The van der Waals surface area contributed by atoms with Gasteiger partial charge in [-0.25, -0.2) is 0 Å². The molecule has 1 aromatic rings. The molecule has 1 heterocycles. The Hall–Kier alpha value is -1.67. The van der Waals surface area contributed by atoms with Crippen molar-refractivity contribution < 1.29 is 9.34 Å². The number of furan rings is 1. The van der Waals surface area contributed by atoms with Gasteiger partial charge < -0.3 is 20.0 Å². The lowest BCUT2D eigenvalue weighted by molar-refractivity contribution is -0.404. The zero-order chi connectivity index (χ0) is 17.9. The first-order valence-electron chi connectivity index (χ1n) is 8.06. The third-order valence-corrected chi connectivity index (χ3v) is 4.22. The molecular weight excluding hydrogens is 328 g/mol. The zero-order valence-electron chi connectivity index (χ0n) is 14.9.